The van der Waals surface area contributed by atoms with E-state index in [2.05, 4.69) is 5.10 Å². The van der Waals surface area contributed by atoms with Gasteiger partial charge < -0.3 is 10.5 Å². The molecule has 0 radical (unpaired) electrons. The average Bonchev–Trinajstić information content (AvgIpc) is 2.74. The molecule has 18 heavy (non-hydrogen) atoms. The molecule has 1 unspecified atom stereocenters. The smallest absolute Gasteiger partial charge is 0.330 e. The number of nitrogen functional groups attached to an aromatic ring is 1. The van der Waals surface area contributed by atoms with Crippen LogP contribution in [0.25, 0.3) is 10.9 Å². The Kier molecular flexibility index (Phi) is 3.50. The van der Waals surface area contributed by atoms with Gasteiger partial charge in [-0.05, 0) is 31.5 Å². The molecular formula is C13H17N3O2. The van der Waals surface area contributed by atoms with E-state index in [4.69, 9.17) is 10.5 Å². The number of ether oxygens (including phenoxy) is 1. The number of hydrogen-bond acceptors (Lipinski definition) is 4. The van der Waals surface area contributed by atoms with Crippen LogP contribution in [0.2, 0.25) is 0 Å². The fourth-order valence-corrected chi connectivity index (χ4v) is 1.98. The molecule has 0 saturated carbocycles. The summed E-state index contributed by atoms with van der Waals surface area (Å²) in [7, 11) is 0. The number of fused-ring (bicyclic) bond motifs is 1. The number of carbonyl (C=O) groups is 1. The summed E-state index contributed by atoms with van der Waals surface area (Å²) in [6.45, 7) is 4.10. The zero-order chi connectivity index (χ0) is 13.1. The average molecular weight is 247 g/mol. The lowest BCUT2D eigenvalue weighted by molar-refractivity contribution is -0.147. The van der Waals surface area contributed by atoms with Crippen molar-refractivity contribution >= 4 is 22.6 Å². The third-order valence-corrected chi connectivity index (χ3v) is 2.86. The third-order valence-electron chi connectivity index (χ3n) is 2.86. The predicted molar refractivity (Wildman–Crippen MR) is 70.1 cm³/mol. The van der Waals surface area contributed by atoms with Gasteiger partial charge in [0.2, 0.25) is 0 Å². The Morgan fingerprint density at radius 3 is 2.94 bits per heavy atom. The van der Waals surface area contributed by atoms with Crippen LogP contribution in [0.1, 0.15) is 26.3 Å². The largest absolute Gasteiger partial charge is 0.464 e. The number of nitrogens with zero attached hydrogens (tertiary/aromatic N) is 2. The maximum atomic E-state index is 11.9. The Morgan fingerprint density at radius 1 is 1.50 bits per heavy atom. The summed E-state index contributed by atoms with van der Waals surface area (Å²) in [6.07, 6.45) is 2.36. The lowest BCUT2D eigenvalue weighted by atomic mass is 10.2. The highest BCUT2D eigenvalue weighted by Crippen LogP contribution is 2.22. The van der Waals surface area contributed by atoms with Gasteiger partial charge in [0.15, 0.2) is 0 Å². The number of benzene rings is 1. The van der Waals surface area contributed by atoms with Gasteiger partial charge >= 0.3 is 5.97 Å². The van der Waals surface area contributed by atoms with Crippen LogP contribution < -0.4 is 5.73 Å². The van der Waals surface area contributed by atoms with Crippen molar-refractivity contribution in [2.24, 2.45) is 0 Å². The van der Waals surface area contributed by atoms with Gasteiger partial charge in [0.1, 0.15) is 6.04 Å². The van der Waals surface area contributed by atoms with Gasteiger partial charge in [-0.3, -0.25) is 4.68 Å². The molecule has 0 fully saturated rings. The summed E-state index contributed by atoms with van der Waals surface area (Å²) in [5.74, 6) is -0.257. The molecule has 0 aliphatic heterocycles. The van der Waals surface area contributed by atoms with E-state index in [0.717, 1.165) is 10.9 Å². The molecule has 0 aliphatic carbocycles. The van der Waals surface area contributed by atoms with E-state index < -0.39 is 6.04 Å². The lowest BCUT2D eigenvalue weighted by Crippen LogP contribution is -2.22. The van der Waals surface area contributed by atoms with Crippen LogP contribution in [0.5, 0.6) is 0 Å². The number of carbonyl (C=O) groups excluding carboxylic acids is 1. The highest BCUT2D eigenvalue weighted by molar-refractivity contribution is 5.84. The van der Waals surface area contributed by atoms with Gasteiger partial charge in [-0.1, -0.05) is 6.92 Å². The van der Waals surface area contributed by atoms with Crippen LogP contribution in [0.3, 0.4) is 0 Å². The van der Waals surface area contributed by atoms with E-state index in [1.54, 1.807) is 17.8 Å². The maximum Gasteiger partial charge on any atom is 0.330 e. The summed E-state index contributed by atoms with van der Waals surface area (Å²) >= 11 is 0. The SMILES string of the molecule is CCOC(=O)C(CC)n1ncc2ccc(N)cc21. The first kappa shape index (κ1) is 12.4. The zero-order valence-corrected chi connectivity index (χ0v) is 10.6. The summed E-state index contributed by atoms with van der Waals surface area (Å²) in [5.41, 5.74) is 7.28. The second-order valence-electron chi connectivity index (χ2n) is 4.08. The number of hydrogen-bond donors (Lipinski definition) is 1. The molecule has 1 aromatic carbocycles. The van der Waals surface area contributed by atoms with E-state index in [1.807, 2.05) is 25.1 Å². The highest BCUT2D eigenvalue weighted by Gasteiger charge is 2.22. The molecule has 96 valence electrons. The molecule has 0 aliphatic rings. The van der Waals surface area contributed by atoms with Gasteiger partial charge in [0.25, 0.3) is 0 Å². The molecule has 1 atom stereocenters. The van der Waals surface area contributed by atoms with Crippen LogP contribution >= 0.6 is 0 Å². The summed E-state index contributed by atoms with van der Waals surface area (Å²) in [4.78, 5) is 11.9. The third kappa shape index (κ3) is 2.16. The van der Waals surface area contributed by atoms with Gasteiger partial charge in [-0.25, -0.2) is 4.79 Å². The first-order valence-electron chi connectivity index (χ1n) is 6.06. The number of rotatable bonds is 4. The molecular weight excluding hydrogens is 230 g/mol. The van der Waals surface area contributed by atoms with Gasteiger partial charge in [-0.15, -0.1) is 0 Å². The minimum Gasteiger partial charge on any atom is -0.464 e. The maximum absolute atomic E-state index is 11.9. The van der Waals surface area contributed by atoms with Crippen molar-refractivity contribution in [3.63, 3.8) is 0 Å². The minimum atomic E-state index is -0.399. The molecule has 1 heterocycles. The lowest BCUT2D eigenvalue weighted by Gasteiger charge is -2.15. The number of anilines is 1. The van der Waals surface area contributed by atoms with Crippen molar-refractivity contribution < 1.29 is 9.53 Å². The van der Waals surface area contributed by atoms with Crippen molar-refractivity contribution in [3.05, 3.63) is 24.4 Å². The predicted octanol–water partition coefficient (Wildman–Crippen LogP) is 2.13. The van der Waals surface area contributed by atoms with Crippen LogP contribution in [0.15, 0.2) is 24.4 Å². The highest BCUT2D eigenvalue weighted by atomic mass is 16.5. The molecule has 0 saturated heterocycles. The minimum absolute atomic E-state index is 0.257. The van der Waals surface area contributed by atoms with Crippen LogP contribution in [0.4, 0.5) is 5.69 Å². The monoisotopic (exact) mass is 247 g/mol. The zero-order valence-electron chi connectivity index (χ0n) is 10.6. The molecule has 5 heteroatoms. The second-order valence-corrected chi connectivity index (χ2v) is 4.08. The van der Waals surface area contributed by atoms with Crippen molar-refractivity contribution in [1.82, 2.24) is 9.78 Å². The Balaban J connectivity index is 2.45. The first-order chi connectivity index (χ1) is 8.67. The molecule has 2 rings (SSSR count). The Hall–Kier alpha value is -2.04. The van der Waals surface area contributed by atoms with Crippen LogP contribution in [-0.4, -0.2) is 22.4 Å². The molecule has 0 spiro atoms. The Labute approximate surface area is 106 Å². The normalized spacial score (nSPS) is 12.6. The molecule has 0 bridgehead atoms. The van der Waals surface area contributed by atoms with Gasteiger partial charge in [0, 0.05) is 11.1 Å². The first-order valence-corrected chi connectivity index (χ1v) is 6.06. The number of aromatic nitrogens is 2. The van der Waals surface area contributed by atoms with Crippen molar-refractivity contribution in [1.29, 1.82) is 0 Å². The molecule has 2 N–H and O–H groups in total. The second kappa shape index (κ2) is 5.08. The van der Waals surface area contributed by atoms with E-state index in [9.17, 15) is 4.79 Å². The quantitative estimate of drug-likeness (QED) is 0.663. The summed E-state index contributed by atoms with van der Waals surface area (Å²) < 4.78 is 6.75. The van der Waals surface area contributed by atoms with Gasteiger partial charge in [0.05, 0.1) is 18.3 Å². The van der Waals surface area contributed by atoms with Crippen LogP contribution in [0, 0.1) is 0 Å². The Bertz CT molecular complexity index is 562. The molecule has 5 nitrogen and oxygen atoms in total. The molecule has 0 amide bonds. The summed E-state index contributed by atoms with van der Waals surface area (Å²) in [5, 5.41) is 5.24. The molecule has 2 aromatic rings. The fourth-order valence-electron chi connectivity index (χ4n) is 1.98. The van der Waals surface area contributed by atoms with E-state index in [1.165, 1.54) is 0 Å². The van der Waals surface area contributed by atoms with E-state index in [0.29, 0.717) is 18.7 Å². The van der Waals surface area contributed by atoms with Crippen molar-refractivity contribution in [2.75, 3.05) is 12.3 Å². The van der Waals surface area contributed by atoms with Crippen LogP contribution in [-0.2, 0) is 9.53 Å². The van der Waals surface area contributed by atoms with Crippen molar-refractivity contribution in [2.45, 2.75) is 26.3 Å². The fraction of sp³-hybridized carbons (Fsp3) is 0.385. The van der Waals surface area contributed by atoms with E-state index in [-0.39, 0.29) is 5.97 Å². The topological polar surface area (TPSA) is 70.1 Å². The number of nitrogens with two attached hydrogens (primary N) is 1. The molecule has 1 aromatic heterocycles. The standard InChI is InChI=1S/C13H17N3O2/c1-3-11(13(17)18-4-2)16-12-7-10(14)6-5-9(12)8-15-16/h5-8,11H,3-4,14H2,1-2H3. The van der Waals surface area contributed by atoms with Crippen molar-refractivity contribution in [3.8, 4) is 0 Å². The number of esters is 1. The van der Waals surface area contributed by atoms with Gasteiger partial charge in [-0.2, -0.15) is 5.10 Å². The van der Waals surface area contributed by atoms with E-state index >= 15 is 0 Å². The summed E-state index contributed by atoms with van der Waals surface area (Å²) in [6, 6.07) is 5.14. The Morgan fingerprint density at radius 2 is 2.28 bits per heavy atom.